The van der Waals surface area contributed by atoms with E-state index in [1.807, 2.05) is 7.05 Å². The van der Waals surface area contributed by atoms with Crippen LogP contribution in [0.2, 0.25) is 0 Å². The van der Waals surface area contributed by atoms with Crippen molar-refractivity contribution in [3.05, 3.63) is 0 Å². The largest absolute Gasteiger partial charge is 0.320 e. The number of hydrogen-bond donors (Lipinski definition) is 1. The van der Waals surface area contributed by atoms with Crippen molar-refractivity contribution in [2.45, 2.75) is 46.6 Å². The highest BCUT2D eigenvalue weighted by Crippen LogP contribution is 2.16. The molecule has 0 aromatic rings. The average molecular weight is 200 g/mol. The average Bonchev–Trinajstić information content (AvgIpc) is 2.01. The maximum Gasteiger partial charge on any atom is 0.00645 e. The molecule has 0 spiro atoms. The first-order valence-electron chi connectivity index (χ1n) is 5.71. The van der Waals surface area contributed by atoms with Crippen LogP contribution in [-0.2, 0) is 0 Å². The Morgan fingerprint density at radius 1 is 1.29 bits per heavy atom. The van der Waals surface area contributed by atoms with Crippen molar-refractivity contribution >= 4 is 0 Å². The van der Waals surface area contributed by atoms with E-state index in [1.165, 1.54) is 19.4 Å². The number of hydrogen-bond acceptors (Lipinski definition) is 2. The summed E-state index contributed by atoms with van der Waals surface area (Å²) < 4.78 is 0. The second-order valence-corrected chi connectivity index (χ2v) is 5.57. The minimum absolute atomic E-state index is 0.409. The van der Waals surface area contributed by atoms with E-state index in [2.05, 4.69) is 45.0 Å². The van der Waals surface area contributed by atoms with Gasteiger partial charge in [0.25, 0.3) is 0 Å². The first-order valence-corrected chi connectivity index (χ1v) is 5.71. The Morgan fingerprint density at radius 3 is 2.29 bits per heavy atom. The molecule has 0 saturated carbocycles. The lowest BCUT2D eigenvalue weighted by atomic mass is 9.95. The van der Waals surface area contributed by atoms with E-state index in [4.69, 9.17) is 0 Å². The molecule has 0 aliphatic carbocycles. The standard InChI is InChI=1S/C12H28N2/c1-11(8-7-9-13-5)14(6)10-12(2,3)4/h11,13H,7-10H2,1-6H3. The van der Waals surface area contributed by atoms with Crippen LogP contribution in [0, 0.1) is 5.41 Å². The molecule has 86 valence electrons. The molecule has 1 atom stereocenters. The van der Waals surface area contributed by atoms with Crippen LogP contribution < -0.4 is 5.32 Å². The molecule has 0 aromatic heterocycles. The van der Waals surface area contributed by atoms with Crippen LogP contribution in [0.3, 0.4) is 0 Å². The molecule has 2 heteroatoms. The molecule has 0 fully saturated rings. The smallest absolute Gasteiger partial charge is 0.00645 e. The predicted molar refractivity (Wildman–Crippen MR) is 64.7 cm³/mol. The molecule has 2 nitrogen and oxygen atoms in total. The summed E-state index contributed by atoms with van der Waals surface area (Å²) >= 11 is 0. The van der Waals surface area contributed by atoms with Crippen LogP contribution in [0.1, 0.15) is 40.5 Å². The lowest BCUT2D eigenvalue weighted by Crippen LogP contribution is -2.36. The lowest BCUT2D eigenvalue weighted by Gasteiger charge is -2.31. The van der Waals surface area contributed by atoms with Crippen LogP contribution in [0.25, 0.3) is 0 Å². The Labute approximate surface area is 90.1 Å². The summed E-state index contributed by atoms with van der Waals surface area (Å²) in [5.41, 5.74) is 0.409. The Hall–Kier alpha value is -0.0800. The van der Waals surface area contributed by atoms with Gasteiger partial charge in [0.15, 0.2) is 0 Å². The number of nitrogens with one attached hydrogen (secondary N) is 1. The van der Waals surface area contributed by atoms with Crippen molar-refractivity contribution in [2.75, 3.05) is 27.2 Å². The second kappa shape index (κ2) is 6.41. The van der Waals surface area contributed by atoms with Gasteiger partial charge in [0, 0.05) is 12.6 Å². The van der Waals surface area contributed by atoms with E-state index >= 15 is 0 Å². The molecule has 0 heterocycles. The summed E-state index contributed by atoms with van der Waals surface area (Å²) in [6.07, 6.45) is 2.56. The monoisotopic (exact) mass is 200 g/mol. The van der Waals surface area contributed by atoms with Crippen molar-refractivity contribution in [3.8, 4) is 0 Å². The molecule has 0 radical (unpaired) electrons. The first-order chi connectivity index (χ1) is 6.37. The van der Waals surface area contributed by atoms with Crippen molar-refractivity contribution in [2.24, 2.45) is 5.41 Å². The van der Waals surface area contributed by atoms with Crippen LogP contribution in [0.4, 0.5) is 0 Å². The summed E-state index contributed by atoms with van der Waals surface area (Å²) in [6, 6.07) is 0.697. The summed E-state index contributed by atoms with van der Waals surface area (Å²) in [4.78, 5) is 2.47. The zero-order valence-corrected chi connectivity index (χ0v) is 10.9. The Morgan fingerprint density at radius 2 is 1.86 bits per heavy atom. The topological polar surface area (TPSA) is 15.3 Å². The summed E-state index contributed by atoms with van der Waals surface area (Å²) in [5, 5.41) is 3.19. The molecule has 0 bridgehead atoms. The van der Waals surface area contributed by atoms with Crippen molar-refractivity contribution in [1.29, 1.82) is 0 Å². The van der Waals surface area contributed by atoms with E-state index in [0.717, 1.165) is 6.54 Å². The molecule has 0 amide bonds. The van der Waals surface area contributed by atoms with Gasteiger partial charge in [-0.25, -0.2) is 0 Å². The van der Waals surface area contributed by atoms with Crippen molar-refractivity contribution in [1.82, 2.24) is 10.2 Å². The van der Waals surface area contributed by atoms with Crippen molar-refractivity contribution < 1.29 is 0 Å². The van der Waals surface area contributed by atoms with E-state index in [9.17, 15) is 0 Å². The molecular formula is C12H28N2. The zero-order valence-electron chi connectivity index (χ0n) is 10.9. The number of rotatable bonds is 6. The third kappa shape index (κ3) is 7.34. The van der Waals surface area contributed by atoms with Crippen molar-refractivity contribution in [3.63, 3.8) is 0 Å². The highest BCUT2D eigenvalue weighted by molar-refractivity contribution is 4.71. The molecule has 0 aliphatic heterocycles. The Balaban J connectivity index is 3.70. The van der Waals surface area contributed by atoms with Gasteiger partial charge in [0.2, 0.25) is 0 Å². The zero-order chi connectivity index (χ0) is 11.2. The van der Waals surface area contributed by atoms with E-state index in [0.29, 0.717) is 11.5 Å². The molecule has 1 N–H and O–H groups in total. The fourth-order valence-electron chi connectivity index (χ4n) is 1.70. The van der Waals surface area contributed by atoms with Gasteiger partial charge in [-0.3, -0.25) is 0 Å². The summed E-state index contributed by atoms with van der Waals surface area (Å²) in [6.45, 7) is 11.5. The van der Waals surface area contributed by atoms with E-state index < -0.39 is 0 Å². The Bertz CT molecular complexity index is 138. The van der Waals surface area contributed by atoms with Gasteiger partial charge in [-0.15, -0.1) is 0 Å². The maximum atomic E-state index is 3.19. The summed E-state index contributed by atoms with van der Waals surface area (Å²) in [7, 11) is 4.25. The molecule has 0 rings (SSSR count). The molecular weight excluding hydrogens is 172 g/mol. The molecule has 1 unspecified atom stereocenters. The minimum atomic E-state index is 0.409. The fraction of sp³-hybridized carbons (Fsp3) is 1.00. The van der Waals surface area contributed by atoms with E-state index in [-0.39, 0.29) is 0 Å². The van der Waals surface area contributed by atoms with Gasteiger partial charge < -0.3 is 10.2 Å². The van der Waals surface area contributed by atoms with Gasteiger partial charge in [-0.1, -0.05) is 20.8 Å². The normalized spacial score (nSPS) is 14.8. The SMILES string of the molecule is CNCCCC(C)N(C)CC(C)(C)C. The van der Waals surface area contributed by atoms with Crippen LogP contribution >= 0.6 is 0 Å². The lowest BCUT2D eigenvalue weighted by molar-refractivity contribution is 0.173. The highest BCUT2D eigenvalue weighted by Gasteiger charge is 2.16. The van der Waals surface area contributed by atoms with E-state index in [1.54, 1.807) is 0 Å². The van der Waals surface area contributed by atoms with Crippen LogP contribution in [0.15, 0.2) is 0 Å². The second-order valence-electron chi connectivity index (χ2n) is 5.57. The summed E-state index contributed by atoms with van der Waals surface area (Å²) in [5.74, 6) is 0. The van der Waals surface area contributed by atoms with Gasteiger partial charge in [0.1, 0.15) is 0 Å². The van der Waals surface area contributed by atoms with Gasteiger partial charge in [-0.2, -0.15) is 0 Å². The van der Waals surface area contributed by atoms with Crippen LogP contribution in [0.5, 0.6) is 0 Å². The minimum Gasteiger partial charge on any atom is -0.320 e. The highest BCUT2D eigenvalue weighted by atomic mass is 15.1. The first kappa shape index (κ1) is 13.9. The predicted octanol–water partition coefficient (Wildman–Crippen LogP) is 2.35. The fourth-order valence-corrected chi connectivity index (χ4v) is 1.70. The molecule has 0 aromatic carbocycles. The van der Waals surface area contributed by atoms with Gasteiger partial charge >= 0.3 is 0 Å². The van der Waals surface area contributed by atoms with Gasteiger partial charge in [0.05, 0.1) is 0 Å². The maximum absolute atomic E-state index is 3.19. The quantitative estimate of drug-likeness (QED) is 0.662. The van der Waals surface area contributed by atoms with Crippen LogP contribution in [-0.4, -0.2) is 38.1 Å². The molecule has 14 heavy (non-hydrogen) atoms. The molecule has 0 saturated heterocycles. The Kier molecular flexibility index (Phi) is 6.38. The number of nitrogens with zero attached hydrogens (tertiary/aromatic N) is 1. The molecule has 0 aliphatic rings. The third-order valence-corrected chi connectivity index (χ3v) is 2.52. The van der Waals surface area contributed by atoms with Gasteiger partial charge in [-0.05, 0) is 45.8 Å². The third-order valence-electron chi connectivity index (χ3n) is 2.52.